The SMILES string of the molecule is c1ccc(CCNc2ncnc3c2sc2nc(N4CCOCC4)c4c(c23)CCC4)cc1. The Hall–Kier alpha value is -2.77. The van der Waals surface area contributed by atoms with E-state index in [1.54, 1.807) is 17.7 Å². The van der Waals surface area contributed by atoms with E-state index in [9.17, 15) is 0 Å². The average Bonchev–Trinajstić information content (AvgIpc) is 3.45. The highest BCUT2D eigenvalue weighted by atomic mass is 32.1. The van der Waals surface area contributed by atoms with Crippen LogP contribution in [0.4, 0.5) is 11.6 Å². The van der Waals surface area contributed by atoms with Crippen molar-refractivity contribution in [1.29, 1.82) is 0 Å². The largest absolute Gasteiger partial charge is 0.378 e. The first kappa shape index (κ1) is 19.0. The Morgan fingerprint density at radius 3 is 2.74 bits per heavy atom. The fraction of sp³-hybridized carbons (Fsp3) is 0.375. The smallest absolute Gasteiger partial charge is 0.147 e. The van der Waals surface area contributed by atoms with Gasteiger partial charge in [0.05, 0.1) is 23.4 Å². The third-order valence-electron chi connectivity index (χ3n) is 6.31. The van der Waals surface area contributed by atoms with Gasteiger partial charge < -0.3 is 15.0 Å². The molecule has 7 heteroatoms. The minimum Gasteiger partial charge on any atom is -0.378 e. The molecule has 1 N–H and O–H groups in total. The van der Waals surface area contributed by atoms with Crippen LogP contribution in [-0.2, 0) is 24.0 Å². The summed E-state index contributed by atoms with van der Waals surface area (Å²) >= 11 is 1.72. The highest BCUT2D eigenvalue weighted by Gasteiger charge is 2.27. The first-order chi connectivity index (χ1) is 15.4. The molecule has 3 aromatic heterocycles. The predicted octanol–water partition coefficient (Wildman–Crippen LogP) is 4.22. The van der Waals surface area contributed by atoms with Gasteiger partial charge in [0, 0.05) is 25.0 Å². The fourth-order valence-corrected chi connectivity index (χ4v) is 5.93. The van der Waals surface area contributed by atoms with Crippen LogP contribution in [0.3, 0.4) is 0 Å². The van der Waals surface area contributed by atoms with Crippen molar-refractivity contribution in [3.63, 3.8) is 0 Å². The van der Waals surface area contributed by atoms with E-state index in [1.165, 1.54) is 34.3 Å². The molecule has 31 heavy (non-hydrogen) atoms. The van der Waals surface area contributed by atoms with Crippen molar-refractivity contribution in [1.82, 2.24) is 15.0 Å². The van der Waals surface area contributed by atoms with Gasteiger partial charge in [0.25, 0.3) is 0 Å². The molecule has 1 aromatic carbocycles. The number of rotatable bonds is 5. The van der Waals surface area contributed by atoms with Crippen LogP contribution in [0.5, 0.6) is 0 Å². The molecule has 6 rings (SSSR count). The number of aryl methyl sites for hydroxylation is 1. The van der Waals surface area contributed by atoms with Crippen LogP contribution in [0.1, 0.15) is 23.1 Å². The van der Waals surface area contributed by atoms with E-state index in [-0.39, 0.29) is 0 Å². The van der Waals surface area contributed by atoms with Crippen LogP contribution in [0.15, 0.2) is 36.7 Å². The van der Waals surface area contributed by atoms with E-state index in [4.69, 9.17) is 14.7 Å². The van der Waals surface area contributed by atoms with Crippen molar-refractivity contribution >= 4 is 43.4 Å². The van der Waals surface area contributed by atoms with Gasteiger partial charge in [-0.2, -0.15) is 0 Å². The molecule has 4 aromatic rings. The number of hydrogen-bond donors (Lipinski definition) is 1. The average molecular weight is 432 g/mol. The zero-order valence-corrected chi connectivity index (χ0v) is 18.2. The number of ether oxygens (including phenoxy) is 1. The quantitative estimate of drug-likeness (QED) is 0.511. The lowest BCUT2D eigenvalue weighted by molar-refractivity contribution is 0.122. The van der Waals surface area contributed by atoms with Crippen LogP contribution >= 0.6 is 11.3 Å². The van der Waals surface area contributed by atoms with Crippen LogP contribution < -0.4 is 10.2 Å². The molecule has 0 bridgehead atoms. The Morgan fingerprint density at radius 2 is 1.87 bits per heavy atom. The summed E-state index contributed by atoms with van der Waals surface area (Å²) in [5, 5.41) is 4.80. The predicted molar refractivity (Wildman–Crippen MR) is 126 cm³/mol. The van der Waals surface area contributed by atoms with Gasteiger partial charge in [-0.1, -0.05) is 30.3 Å². The topological polar surface area (TPSA) is 63.2 Å². The molecule has 0 radical (unpaired) electrons. The number of hydrogen-bond acceptors (Lipinski definition) is 7. The summed E-state index contributed by atoms with van der Waals surface area (Å²) in [5.74, 6) is 2.09. The molecule has 0 spiro atoms. The second kappa shape index (κ2) is 8.05. The van der Waals surface area contributed by atoms with Gasteiger partial charge in [0.2, 0.25) is 0 Å². The number of anilines is 2. The van der Waals surface area contributed by atoms with Crippen molar-refractivity contribution in [2.75, 3.05) is 43.1 Å². The molecule has 2 aliphatic rings. The Bertz CT molecular complexity index is 1230. The van der Waals surface area contributed by atoms with Crippen LogP contribution in [0.25, 0.3) is 20.4 Å². The number of nitrogens with zero attached hydrogens (tertiary/aromatic N) is 4. The zero-order valence-electron chi connectivity index (χ0n) is 17.4. The Morgan fingerprint density at radius 1 is 1.03 bits per heavy atom. The second-order valence-electron chi connectivity index (χ2n) is 8.19. The second-order valence-corrected chi connectivity index (χ2v) is 9.19. The van der Waals surface area contributed by atoms with E-state index < -0.39 is 0 Å². The Balaban J connectivity index is 1.39. The zero-order chi connectivity index (χ0) is 20.6. The molecular weight excluding hydrogens is 406 g/mol. The van der Waals surface area contributed by atoms with Crippen LogP contribution in [-0.4, -0.2) is 47.8 Å². The lowest BCUT2D eigenvalue weighted by Gasteiger charge is -2.29. The van der Waals surface area contributed by atoms with Gasteiger partial charge in [0.1, 0.15) is 22.8 Å². The summed E-state index contributed by atoms with van der Waals surface area (Å²) in [4.78, 5) is 17.9. The third kappa shape index (κ3) is 3.42. The Labute approximate surface area is 185 Å². The van der Waals surface area contributed by atoms with Crippen LogP contribution in [0, 0.1) is 0 Å². The summed E-state index contributed by atoms with van der Waals surface area (Å²) < 4.78 is 6.68. The monoisotopic (exact) mass is 431 g/mol. The lowest BCUT2D eigenvalue weighted by Crippen LogP contribution is -2.37. The summed E-state index contributed by atoms with van der Waals surface area (Å²) in [5.41, 5.74) is 5.25. The van der Waals surface area contributed by atoms with Gasteiger partial charge in [-0.3, -0.25) is 0 Å². The van der Waals surface area contributed by atoms with Crippen LogP contribution in [0.2, 0.25) is 0 Å². The number of thiophene rings is 1. The number of aromatic nitrogens is 3. The molecule has 0 saturated carbocycles. The van der Waals surface area contributed by atoms with Crippen molar-refractivity contribution in [3.05, 3.63) is 53.3 Å². The minimum absolute atomic E-state index is 0.780. The van der Waals surface area contributed by atoms with Gasteiger partial charge in [-0.25, -0.2) is 15.0 Å². The normalized spacial score (nSPS) is 16.2. The number of fused-ring (bicyclic) bond motifs is 5. The van der Waals surface area contributed by atoms with Gasteiger partial charge >= 0.3 is 0 Å². The fourth-order valence-electron chi connectivity index (χ4n) is 4.81. The molecule has 158 valence electrons. The first-order valence-corrected chi connectivity index (χ1v) is 11.9. The number of pyridine rings is 1. The Kier molecular flexibility index (Phi) is 4.92. The molecule has 0 atom stereocenters. The standard InChI is InChI=1S/C24H25N5OS/c1-2-5-16(6-3-1)9-10-25-22-21-20(26-15-27-22)19-17-7-4-8-18(17)23(28-24(19)31-21)29-11-13-30-14-12-29/h1-3,5-6,15H,4,7-14H2,(H,25,26,27). The molecule has 1 aliphatic carbocycles. The van der Waals surface area contributed by atoms with Crippen molar-refractivity contribution < 1.29 is 4.74 Å². The maximum Gasteiger partial charge on any atom is 0.147 e. The van der Waals surface area contributed by atoms with Crippen molar-refractivity contribution in [2.45, 2.75) is 25.7 Å². The van der Waals surface area contributed by atoms with Gasteiger partial charge in [-0.05, 0) is 42.4 Å². The van der Waals surface area contributed by atoms with E-state index in [0.29, 0.717) is 0 Å². The highest BCUT2D eigenvalue weighted by Crippen LogP contribution is 2.43. The minimum atomic E-state index is 0.780. The van der Waals surface area contributed by atoms with E-state index >= 15 is 0 Å². The van der Waals surface area contributed by atoms with E-state index in [2.05, 4.69) is 45.5 Å². The van der Waals surface area contributed by atoms with Crippen molar-refractivity contribution in [3.8, 4) is 0 Å². The molecule has 0 unspecified atom stereocenters. The molecule has 0 amide bonds. The summed E-state index contributed by atoms with van der Waals surface area (Å²) in [6.45, 7) is 4.24. The maximum atomic E-state index is 5.57. The molecule has 4 heterocycles. The maximum absolute atomic E-state index is 5.57. The molecule has 1 aliphatic heterocycles. The highest BCUT2D eigenvalue weighted by molar-refractivity contribution is 7.26. The first-order valence-electron chi connectivity index (χ1n) is 11.1. The molecular formula is C24H25N5OS. The number of benzene rings is 1. The van der Waals surface area contributed by atoms with E-state index in [1.807, 2.05) is 0 Å². The van der Waals surface area contributed by atoms with Gasteiger partial charge in [0.15, 0.2) is 0 Å². The lowest BCUT2D eigenvalue weighted by atomic mass is 10.1. The third-order valence-corrected chi connectivity index (χ3v) is 7.39. The summed E-state index contributed by atoms with van der Waals surface area (Å²) in [6, 6.07) is 10.6. The molecule has 1 saturated heterocycles. The molecule has 1 fully saturated rings. The van der Waals surface area contributed by atoms with Gasteiger partial charge in [-0.15, -0.1) is 11.3 Å². The number of nitrogens with one attached hydrogen (secondary N) is 1. The van der Waals surface area contributed by atoms with E-state index in [0.717, 1.165) is 73.0 Å². The molecule has 6 nitrogen and oxygen atoms in total. The summed E-state index contributed by atoms with van der Waals surface area (Å²) in [6.07, 6.45) is 6.06. The number of morpholine rings is 1. The summed E-state index contributed by atoms with van der Waals surface area (Å²) in [7, 11) is 0. The van der Waals surface area contributed by atoms with Crippen molar-refractivity contribution in [2.24, 2.45) is 0 Å².